The summed E-state index contributed by atoms with van der Waals surface area (Å²) in [5.41, 5.74) is 8.65. The minimum Gasteiger partial charge on any atom is -0.399 e. The van der Waals surface area contributed by atoms with E-state index in [9.17, 15) is 4.79 Å². The Morgan fingerprint density at radius 3 is 2.46 bits per heavy atom. The quantitative estimate of drug-likeness (QED) is 0.418. The second-order valence-corrected chi connectivity index (χ2v) is 5.25. The van der Waals surface area contributed by atoms with Crippen LogP contribution in [0.3, 0.4) is 0 Å². The second kappa shape index (κ2) is 7.24. The fourth-order valence-corrected chi connectivity index (χ4v) is 2.22. The third kappa shape index (κ3) is 3.87. The molecule has 1 heterocycles. The molecule has 0 radical (unpaired) electrons. The number of allylic oxidation sites excluding steroid dienone is 1. The maximum absolute atomic E-state index is 12.2. The maximum atomic E-state index is 12.2. The summed E-state index contributed by atoms with van der Waals surface area (Å²) in [6, 6.07) is 20.4. The zero-order valence-corrected chi connectivity index (χ0v) is 13.0. The minimum absolute atomic E-state index is 0.0792. The normalized spacial score (nSPS) is 10.7. The first-order chi connectivity index (χ1) is 11.7. The molecule has 0 aliphatic carbocycles. The van der Waals surface area contributed by atoms with Gasteiger partial charge in [0.05, 0.1) is 0 Å². The van der Waals surface area contributed by atoms with E-state index in [0.29, 0.717) is 17.1 Å². The lowest BCUT2D eigenvalue weighted by Gasteiger charge is -2.08. The van der Waals surface area contributed by atoms with Gasteiger partial charge in [0.15, 0.2) is 5.78 Å². The lowest BCUT2D eigenvalue weighted by atomic mass is 10.1. The largest absolute Gasteiger partial charge is 0.399 e. The highest BCUT2D eigenvalue weighted by Crippen LogP contribution is 2.19. The highest BCUT2D eigenvalue weighted by molar-refractivity contribution is 6.07. The molecule has 4 heteroatoms. The smallest absolute Gasteiger partial charge is 0.185 e. The van der Waals surface area contributed by atoms with Gasteiger partial charge in [0, 0.05) is 28.7 Å². The molecule has 0 fully saturated rings. The number of benzene rings is 2. The van der Waals surface area contributed by atoms with Gasteiger partial charge < -0.3 is 11.1 Å². The summed E-state index contributed by atoms with van der Waals surface area (Å²) in [5.74, 6) is 0.620. The first kappa shape index (κ1) is 15.5. The van der Waals surface area contributed by atoms with Crippen molar-refractivity contribution in [1.29, 1.82) is 0 Å². The highest BCUT2D eigenvalue weighted by atomic mass is 16.1. The predicted octanol–water partition coefficient (Wildman–Crippen LogP) is 4.30. The molecule has 0 spiro atoms. The van der Waals surface area contributed by atoms with Gasteiger partial charge in [-0.2, -0.15) is 0 Å². The summed E-state index contributed by atoms with van der Waals surface area (Å²) in [7, 11) is 0. The van der Waals surface area contributed by atoms with Gasteiger partial charge in [0.2, 0.25) is 0 Å². The van der Waals surface area contributed by atoms with Crippen molar-refractivity contribution in [2.45, 2.75) is 0 Å². The number of nitrogens with one attached hydrogen (secondary N) is 1. The zero-order chi connectivity index (χ0) is 16.8. The van der Waals surface area contributed by atoms with Crippen molar-refractivity contribution in [3.63, 3.8) is 0 Å². The standard InChI is InChI=1S/C20H17N3O/c21-17-11-8-15(9-12-17)19(24)13-10-16-5-4-14-22-20(16)23-18-6-2-1-3-7-18/h1-14H,21H2,(H,22,23). The van der Waals surface area contributed by atoms with Gasteiger partial charge in [0.1, 0.15) is 5.82 Å². The van der Waals surface area contributed by atoms with Crippen molar-refractivity contribution in [3.05, 3.63) is 90.1 Å². The Bertz CT molecular complexity index is 856. The van der Waals surface area contributed by atoms with Gasteiger partial charge >= 0.3 is 0 Å². The number of anilines is 3. The molecule has 0 aliphatic heterocycles. The molecule has 0 amide bonds. The SMILES string of the molecule is Nc1ccc(C(=O)C=Cc2cccnc2Nc2ccccc2)cc1. The van der Waals surface area contributed by atoms with Crippen molar-refractivity contribution < 1.29 is 4.79 Å². The number of carbonyl (C=O) groups excluding carboxylic acids is 1. The predicted molar refractivity (Wildman–Crippen MR) is 98.2 cm³/mol. The Kier molecular flexibility index (Phi) is 4.68. The van der Waals surface area contributed by atoms with Crippen LogP contribution >= 0.6 is 0 Å². The molecule has 3 aromatic rings. The molecule has 0 unspecified atom stereocenters. The first-order valence-electron chi connectivity index (χ1n) is 7.57. The Morgan fingerprint density at radius 2 is 1.71 bits per heavy atom. The van der Waals surface area contributed by atoms with Crippen LogP contribution in [0.25, 0.3) is 6.08 Å². The molecule has 24 heavy (non-hydrogen) atoms. The fraction of sp³-hybridized carbons (Fsp3) is 0. The number of ketones is 1. The second-order valence-electron chi connectivity index (χ2n) is 5.25. The Labute approximate surface area is 140 Å². The Morgan fingerprint density at radius 1 is 0.958 bits per heavy atom. The van der Waals surface area contributed by atoms with Crippen LogP contribution in [0.4, 0.5) is 17.2 Å². The topological polar surface area (TPSA) is 68.0 Å². The van der Waals surface area contributed by atoms with Crippen molar-refractivity contribution in [2.75, 3.05) is 11.1 Å². The van der Waals surface area contributed by atoms with Crippen LogP contribution in [0.2, 0.25) is 0 Å². The van der Waals surface area contributed by atoms with Crippen LogP contribution in [0, 0.1) is 0 Å². The number of nitrogens with two attached hydrogens (primary N) is 1. The van der Waals surface area contributed by atoms with Crippen molar-refractivity contribution in [2.24, 2.45) is 0 Å². The number of aromatic nitrogens is 1. The number of hydrogen-bond acceptors (Lipinski definition) is 4. The lowest BCUT2D eigenvalue weighted by molar-refractivity contribution is 0.104. The monoisotopic (exact) mass is 315 g/mol. The van der Waals surface area contributed by atoms with Crippen molar-refractivity contribution in [1.82, 2.24) is 4.98 Å². The first-order valence-corrected chi connectivity index (χ1v) is 7.57. The van der Waals surface area contributed by atoms with Crippen LogP contribution in [0.15, 0.2) is 79.0 Å². The van der Waals surface area contributed by atoms with Gasteiger partial charge in [0.25, 0.3) is 0 Å². The lowest BCUT2D eigenvalue weighted by Crippen LogP contribution is -1.97. The van der Waals surface area contributed by atoms with E-state index in [2.05, 4.69) is 10.3 Å². The van der Waals surface area contributed by atoms with E-state index >= 15 is 0 Å². The summed E-state index contributed by atoms with van der Waals surface area (Å²) in [6.07, 6.45) is 5.01. The van der Waals surface area contributed by atoms with Crippen LogP contribution in [-0.4, -0.2) is 10.8 Å². The van der Waals surface area contributed by atoms with E-state index in [1.54, 1.807) is 42.6 Å². The molecule has 118 valence electrons. The number of nitrogens with zero attached hydrogens (tertiary/aromatic N) is 1. The molecule has 0 bridgehead atoms. The zero-order valence-electron chi connectivity index (χ0n) is 13.0. The number of para-hydroxylation sites is 1. The Hall–Kier alpha value is -3.40. The molecule has 0 atom stereocenters. The summed E-state index contributed by atoms with van der Waals surface area (Å²) in [4.78, 5) is 16.6. The number of pyridine rings is 1. The fourth-order valence-electron chi connectivity index (χ4n) is 2.22. The van der Waals surface area contributed by atoms with E-state index in [0.717, 1.165) is 11.3 Å². The van der Waals surface area contributed by atoms with Gasteiger partial charge in [-0.25, -0.2) is 4.98 Å². The van der Waals surface area contributed by atoms with Crippen LogP contribution < -0.4 is 11.1 Å². The van der Waals surface area contributed by atoms with Crippen LogP contribution in [0.1, 0.15) is 15.9 Å². The maximum Gasteiger partial charge on any atom is 0.185 e. The Balaban J connectivity index is 1.80. The molecule has 0 saturated carbocycles. The highest BCUT2D eigenvalue weighted by Gasteiger charge is 2.04. The molecular formula is C20H17N3O. The van der Waals surface area contributed by atoms with Gasteiger partial charge in [-0.15, -0.1) is 0 Å². The minimum atomic E-state index is -0.0792. The summed E-state index contributed by atoms with van der Waals surface area (Å²) < 4.78 is 0. The molecule has 3 rings (SSSR count). The van der Waals surface area contributed by atoms with E-state index < -0.39 is 0 Å². The number of carbonyl (C=O) groups is 1. The van der Waals surface area contributed by atoms with Crippen LogP contribution in [-0.2, 0) is 0 Å². The molecule has 2 aromatic carbocycles. The molecule has 0 aliphatic rings. The van der Waals surface area contributed by atoms with Crippen LogP contribution in [0.5, 0.6) is 0 Å². The average Bonchev–Trinajstić information content (AvgIpc) is 2.62. The van der Waals surface area contributed by atoms with Crippen molar-refractivity contribution in [3.8, 4) is 0 Å². The van der Waals surface area contributed by atoms with E-state index in [4.69, 9.17) is 5.73 Å². The van der Waals surface area contributed by atoms with Gasteiger partial charge in [-0.05, 0) is 60.7 Å². The number of rotatable bonds is 5. The summed E-state index contributed by atoms with van der Waals surface area (Å²) in [6.45, 7) is 0. The molecule has 0 saturated heterocycles. The van der Waals surface area contributed by atoms with E-state index in [-0.39, 0.29) is 5.78 Å². The summed E-state index contributed by atoms with van der Waals surface area (Å²) >= 11 is 0. The third-order valence-electron chi connectivity index (χ3n) is 3.48. The van der Waals surface area contributed by atoms with E-state index in [1.807, 2.05) is 42.5 Å². The van der Waals surface area contributed by atoms with Gasteiger partial charge in [-0.3, -0.25) is 4.79 Å². The number of nitrogen functional groups attached to an aromatic ring is 1. The number of hydrogen-bond donors (Lipinski definition) is 2. The molecule has 4 nitrogen and oxygen atoms in total. The molecule has 1 aromatic heterocycles. The molecular weight excluding hydrogens is 298 g/mol. The van der Waals surface area contributed by atoms with Crippen molar-refractivity contribution >= 4 is 29.1 Å². The average molecular weight is 315 g/mol. The molecule has 3 N–H and O–H groups in total. The third-order valence-corrected chi connectivity index (χ3v) is 3.48. The van der Waals surface area contributed by atoms with E-state index in [1.165, 1.54) is 0 Å². The van der Waals surface area contributed by atoms with Gasteiger partial charge in [-0.1, -0.05) is 18.2 Å². The summed E-state index contributed by atoms with van der Waals surface area (Å²) in [5, 5.41) is 3.25.